The van der Waals surface area contributed by atoms with Gasteiger partial charge < -0.3 is 19.5 Å². The molecule has 3 heterocycles. The highest BCUT2D eigenvalue weighted by molar-refractivity contribution is 5.92. The minimum atomic E-state index is -0.909. The van der Waals surface area contributed by atoms with E-state index in [1.807, 2.05) is 13.8 Å². The maximum atomic E-state index is 14.0. The van der Waals surface area contributed by atoms with E-state index in [0.717, 1.165) is 48.6 Å². The third kappa shape index (κ3) is 6.51. The molecule has 3 aromatic rings. The number of anilines is 1. The lowest BCUT2D eigenvalue weighted by molar-refractivity contribution is -0.139. The Morgan fingerprint density at radius 3 is 2.64 bits per heavy atom. The molecule has 1 amide bonds. The van der Waals surface area contributed by atoms with Crippen LogP contribution >= 0.6 is 0 Å². The number of aromatic nitrogens is 4. The Bertz CT molecular complexity index is 1360. The first-order chi connectivity index (χ1) is 18.7. The summed E-state index contributed by atoms with van der Waals surface area (Å²) in [5.74, 6) is -3.08. The van der Waals surface area contributed by atoms with Gasteiger partial charge in [0, 0.05) is 18.3 Å². The van der Waals surface area contributed by atoms with Crippen LogP contribution in [0.15, 0.2) is 47.5 Å². The summed E-state index contributed by atoms with van der Waals surface area (Å²) in [6, 6.07) is 5.13. The van der Waals surface area contributed by atoms with Crippen molar-refractivity contribution in [2.45, 2.75) is 70.4 Å². The minimum absolute atomic E-state index is 0.139. The first kappa shape index (κ1) is 26.9. The third-order valence-corrected chi connectivity index (χ3v) is 6.92. The van der Waals surface area contributed by atoms with Crippen LogP contribution in [-0.4, -0.2) is 44.0 Å². The van der Waals surface area contributed by atoms with E-state index >= 15 is 0 Å². The number of hydrogen-bond donors (Lipinski definition) is 1. The van der Waals surface area contributed by atoms with Crippen LogP contribution in [0.5, 0.6) is 11.5 Å². The second-order valence-corrected chi connectivity index (χ2v) is 10.4. The molecule has 1 N–H and O–H groups in total. The fraction of sp³-hybridized carbons (Fsp3) is 0.481. The number of rotatable bonds is 9. The van der Waals surface area contributed by atoms with Gasteiger partial charge in [0.05, 0.1) is 19.3 Å². The van der Waals surface area contributed by atoms with Crippen molar-refractivity contribution < 1.29 is 27.8 Å². The van der Waals surface area contributed by atoms with Gasteiger partial charge in [0.1, 0.15) is 12.1 Å². The largest absolute Gasteiger partial charge is 0.449 e. The topological polar surface area (TPSA) is 110 Å². The molecule has 1 saturated carbocycles. The van der Waals surface area contributed by atoms with Gasteiger partial charge in [0.25, 0.3) is 11.5 Å². The van der Waals surface area contributed by atoms with Gasteiger partial charge in [0.2, 0.25) is 0 Å². The van der Waals surface area contributed by atoms with Crippen LogP contribution in [0.25, 0.3) is 0 Å². The number of carbonyl (C=O) groups is 1. The summed E-state index contributed by atoms with van der Waals surface area (Å²) < 4.78 is 47.4. The highest BCUT2D eigenvalue weighted by Crippen LogP contribution is 2.32. The van der Waals surface area contributed by atoms with Crippen LogP contribution in [-0.2, 0) is 20.8 Å². The number of para-hydroxylation sites is 1. The first-order valence-corrected chi connectivity index (χ1v) is 13.0. The lowest BCUT2D eigenvalue weighted by atomic mass is 9.98. The van der Waals surface area contributed by atoms with Gasteiger partial charge in [-0.15, -0.1) is 0 Å². The Morgan fingerprint density at radius 2 is 1.97 bits per heavy atom. The second-order valence-electron chi connectivity index (χ2n) is 10.4. The number of amides is 1. The number of hydrogen-bond acceptors (Lipinski definition) is 7. The van der Waals surface area contributed by atoms with Crippen LogP contribution in [0.1, 0.15) is 52.0 Å². The lowest BCUT2D eigenvalue weighted by Gasteiger charge is -2.21. The van der Waals surface area contributed by atoms with Gasteiger partial charge >= 0.3 is 0 Å². The van der Waals surface area contributed by atoms with Gasteiger partial charge in [0.15, 0.2) is 34.7 Å². The molecule has 10 nitrogen and oxygen atoms in total. The zero-order chi connectivity index (χ0) is 27.6. The highest BCUT2D eigenvalue weighted by Gasteiger charge is 2.33. The molecule has 1 aromatic carbocycles. The van der Waals surface area contributed by atoms with Crippen LogP contribution < -0.4 is 15.6 Å². The van der Waals surface area contributed by atoms with Crippen molar-refractivity contribution in [1.82, 2.24) is 19.6 Å². The molecule has 1 unspecified atom stereocenters. The quantitative estimate of drug-likeness (QED) is 0.426. The normalized spacial score (nSPS) is 19.7. The molecule has 12 heteroatoms. The molecule has 1 saturated heterocycles. The van der Waals surface area contributed by atoms with Crippen molar-refractivity contribution in [2.75, 3.05) is 11.9 Å². The molecule has 2 fully saturated rings. The number of ether oxygens (including phenoxy) is 3. The Morgan fingerprint density at radius 1 is 1.23 bits per heavy atom. The van der Waals surface area contributed by atoms with Crippen molar-refractivity contribution in [2.24, 2.45) is 5.92 Å². The van der Waals surface area contributed by atoms with Gasteiger partial charge in [-0.2, -0.15) is 10.2 Å². The molecule has 39 heavy (non-hydrogen) atoms. The van der Waals surface area contributed by atoms with Gasteiger partial charge in [-0.05, 0) is 38.3 Å². The smallest absolute Gasteiger partial charge is 0.271 e. The zero-order valence-electron chi connectivity index (χ0n) is 21.8. The molecule has 2 aliphatic rings. The molecular formula is C27H31F2N5O5. The van der Waals surface area contributed by atoms with Crippen molar-refractivity contribution in [3.8, 4) is 11.5 Å². The average Bonchev–Trinajstić information content (AvgIpc) is 3.63. The van der Waals surface area contributed by atoms with E-state index in [1.54, 1.807) is 16.9 Å². The predicted octanol–water partition coefficient (Wildman–Crippen LogP) is 4.42. The zero-order valence-corrected chi connectivity index (χ0v) is 21.8. The average molecular weight is 544 g/mol. The van der Waals surface area contributed by atoms with Crippen LogP contribution in [0.4, 0.5) is 14.6 Å². The molecule has 0 radical (unpaired) electrons. The summed E-state index contributed by atoms with van der Waals surface area (Å²) in [5, 5.41) is 11.4. The van der Waals surface area contributed by atoms with Crippen LogP contribution in [0.2, 0.25) is 0 Å². The fourth-order valence-corrected chi connectivity index (χ4v) is 5.07. The molecule has 1 aliphatic heterocycles. The number of nitrogens with zero attached hydrogens (tertiary/aromatic N) is 4. The van der Waals surface area contributed by atoms with Crippen LogP contribution in [0, 0.1) is 17.6 Å². The number of nitrogens with one attached hydrogen (secondary N) is 1. The summed E-state index contributed by atoms with van der Waals surface area (Å²) in [4.78, 5) is 26.5. The third-order valence-electron chi connectivity index (χ3n) is 6.92. The van der Waals surface area contributed by atoms with E-state index in [0.29, 0.717) is 25.4 Å². The van der Waals surface area contributed by atoms with E-state index < -0.39 is 40.7 Å². The summed E-state index contributed by atoms with van der Waals surface area (Å²) >= 11 is 0. The predicted molar refractivity (Wildman–Crippen MR) is 136 cm³/mol. The van der Waals surface area contributed by atoms with E-state index in [9.17, 15) is 18.4 Å². The molecule has 2 atom stereocenters. The molecule has 2 aromatic heterocycles. The fourth-order valence-electron chi connectivity index (χ4n) is 5.07. The summed E-state index contributed by atoms with van der Waals surface area (Å²) in [6.07, 6.45) is 7.20. The van der Waals surface area contributed by atoms with Crippen molar-refractivity contribution in [1.29, 1.82) is 0 Å². The van der Waals surface area contributed by atoms with Gasteiger partial charge in [-0.1, -0.05) is 31.7 Å². The number of carbonyl (C=O) groups excluding carboxylic acids is 1. The summed E-state index contributed by atoms with van der Waals surface area (Å²) in [6.45, 7) is 4.59. The summed E-state index contributed by atoms with van der Waals surface area (Å²) in [7, 11) is 0. The second kappa shape index (κ2) is 11.2. The standard InChI is InChI=1S/C27H31F2N5O5/c1-27(2)37-16-19(39-27)15-33-11-10-23(32-33)31-26(36)22(12-17-6-3-4-7-17)34-24(35)13-18(14-30-34)38-25-20(28)8-5-9-21(25)29/h5,8-11,13-14,17,19,22H,3-4,6-7,12,15-16H2,1-2H3,(H,31,32,36)/t19-,22?/m0/s1. The molecule has 1 aliphatic carbocycles. The monoisotopic (exact) mass is 543 g/mol. The van der Waals surface area contributed by atoms with E-state index in [-0.39, 0.29) is 17.8 Å². The molecular weight excluding hydrogens is 512 g/mol. The summed E-state index contributed by atoms with van der Waals surface area (Å²) in [5.41, 5.74) is -0.631. The first-order valence-electron chi connectivity index (χ1n) is 13.0. The number of halogens is 2. The lowest BCUT2D eigenvalue weighted by Crippen LogP contribution is -2.36. The van der Waals surface area contributed by atoms with Crippen molar-refractivity contribution >= 4 is 11.7 Å². The van der Waals surface area contributed by atoms with Gasteiger partial charge in [-0.3, -0.25) is 14.3 Å². The maximum absolute atomic E-state index is 14.0. The van der Waals surface area contributed by atoms with Crippen molar-refractivity contribution in [3.05, 3.63) is 64.7 Å². The molecule has 208 valence electrons. The minimum Gasteiger partial charge on any atom is -0.449 e. The van der Waals surface area contributed by atoms with E-state index in [2.05, 4.69) is 15.5 Å². The highest BCUT2D eigenvalue weighted by atomic mass is 19.1. The molecule has 0 bridgehead atoms. The van der Waals surface area contributed by atoms with Crippen molar-refractivity contribution in [3.63, 3.8) is 0 Å². The van der Waals surface area contributed by atoms with Crippen LogP contribution in [0.3, 0.4) is 0 Å². The SMILES string of the molecule is CC1(C)OC[C@H](Cn2ccc(NC(=O)C(CC3CCCC3)n3ncc(Oc4c(F)cccc4F)cc3=O)n2)O1. The molecule has 5 rings (SSSR count). The Balaban J connectivity index is 1.32. The Labute approximate surface area is 223 Å². The van der Waals surface area contributed by atoms with Gasteiger partial charge in [-0.25, -0.2) is 13.5 Å². The Kier molecular flexibility index (Phi) is 7.76. The maximum Gasteiger partial charge on any atom is 0.271 e. The van der Waals surface area contributed by atoms with E-state index in [1.165, 1.54) is 12.3 Å². The Hall–Kier alpha value is -3.64. The molecule has 0 spiro atoms. The number of benzene rings is 1. The van der Waals surface area contributed by atoms with E-state index in [4.69, 9.17) is 14.2 Å².